The lowest BCUT2D eigenvalue weighted by Crippen LogP contribution is -2.06. The molecular weight excluding hydrogens is 254 g/mol. The first-order valence-electron chi connectivity index (χ1n) is 5.34. The number of anilines is 1. The summed E-state index contributed by atoms with van der Waals surface area (Å²) in [5, 5.41) is 4.62. The summed E-state index contributed by atoms with van der Waals surface area (Å²) in [5.74, 6) is 1.70. The van der Waals surface area contributed by atoms with E-state index in [-0.39, 0.29) is 0 Å². The minimum Gasteiger partial charge on any atom is -0.493 e. The van der Waals surface area contributed by atoms with Crippen LogP contribution in [0.3, 0.4) is 0 Å². The number of halogens is 1. The Kier molecular flexibility index (Phi) is 3.62. The van der Waals surface area contributed by atoms with E-state index >= 15 is 0 Å². The molecule has 2 aromatic rings. The van der Waals surface area contributed by atoms with E-state index in [0.29, 0.717) is 28.9 Å². The second-order valence-electron chi connectivity index (χ2n) is 3.69. The Labute approximate surface area is 110 Å². The fraction of sp³-hybridized carbons (Fsp3) is 0.250. The maximum atomic E-state index is 6.28. The molecule has 0 atom stereocenters. The van der Waals surface area contributed by atoms with Crippen molar-refractivity contribution < 1.29 is 9.47 Å². The lowest BCUT2D eigenvalue weighted by molar-refractivity contribution is 0.354. The molecule has 5 nitrogen and oxygen atoms in total. The van der Waals surface area contributed by atoms with Gasteiger partial charge < -0.3 is 15.2 Å². The van der Waals surface area contributed by atoms with Gasteiger partial charge in [-0.25, -0.2) is 4.68 Å². The monoisotopic (exact) mass is 267 g/mol. The van der Waals surface area contributed by atoms with Crippen molar-refractivity contribution in [1.82, 2.24) is 9.78 Å². The van der Waals surface area contributed by atoms with Crippen LogP contribution in [-0.4, -0.2) is 24.0 Å². The molecular formula is C12H14ClN3O2. The van der Waals surface area contributed by atoms with Crippen LogP contribution >= 0.6 is 11.6 Å². The molecule has 1 heterocycles. The smallest absolute Gasteiger partial charge is 0.179 e. The zero-order chi connectivity index (χ0) is 13.1. The van der Waals surface area contributed by atoms with Gasteiger partial charge in [0.05, 0.1) is 32.0 Å². The third kappa shape index (κ3) is 2.22. The first-order chi connectivity index (χ1) is 8.67. The van der Waals surface area contributed by atoms with Crippen LogP contribution in [0.25, 0.3) is 0 Å². The molecule has 2 rings (SSSR count). The van der Waals surface area contributed by atoms with Crippen molar-refractivity contribution in [2.75, 3.05) is 20.0 Å². The molecule has 18 heavy (non-hydrogen) atoms. The van der Waals surface area contributed by atoms with Crippen molar-refractivity contribution in [2.24, 2.45) is 0 Å². The van der Waals surface area contributed by atoms with Gasteiger partial charge in [-0.15, -0.1) is 0 Å². The van der Waals surface area contributed by atoms with Gasteiger partial charge in [-0.2, -0.15) is 5.10 Å². The lowest BCUT2D eigenvalue weighted by atomic mass is 10.2. The topological polar surface area (TPSA) is 62.3 Å². The molecule has 0 saturated heterocycles. The van der Waals surface area contributed by atoms with Crippen LogP contribution in [-0.2, 0) is 6.54 Å². The highest BCUT2D eigenvalue weighted by atomic mass is 35.5. The number of rotatable bonds is 4. The number of ether oxygens (including phenoxy) is 2. The van der Waals surface area contributed by atoms with Crippen molar-refractivity contribution in [3.8, 4) is 11.5 Å². The van der Waals surface area contributed by atoms with Crippen LogP contribution in [0.1, 0.15) is 5.56 Å². The van der Waals surface area contributed by atoms with E-state index in [4.69, 9.17) is 26.8 Å². The van der Waals surface area contributed by atoms with Crippen LogP contribution in [0.5, 0.6) is 11.5 Å². The average molecular weight is 268 g/mol. The van der Waals surface area contributed by atoms with Gasteiger partial charge in [-0.05, 0) is 17.7 Å². The standard InChI is InChI=1S/C12H14ClN3O2/c1-17-9-4-3-8(11(13)12(9)18-2)7-16-10(14)5-6-15-16/h3-6H,7,14H2,1-2H3. The Morgan fingerprint density at radius 3 is 2.61 bits per heavy atom. The van der Waals surface area contributed by atoms with Gasteiger partial charge in [0.2, 0.25) is 0 Å². The van der Waals surface area contributed by atoms with Crippen molar-refractivity contribution in [1.29, 1.82) is 0 Å². The summed E-state index contributed by atoms with van der Waals surface area (Å²) in [6, 6.07) is 5.40. The highest BCUT2D eigenvalue weighted by Gasteiger charge is 2.13. The van der Waals surface area contributed by atoms with E-state index in [0.717, 1.165) is 5.56 Å². The van der Waals surface area contributed by atoms with Crippen LogP contribution in [0.2, 0.25) is 5.02 Å². The van der Waals surface area contributed by atoms with E-state index < -0.39 is 0 Å². The van der Waals surface area contributed by atoms with Gasteiger partial charge in [0, 0.05) is 0 Å². The van der Waals surface area contributed by atoms with Gasteiger partial charge >= 0.3 is 0 Å². The molecule has 0 spiro atoms. The van der Waals surface area contributed by atoms with Crippen molar-refractivity contribution in [3.63, 3.8) is 0 Å². The normalized spacial score (nSPS) is 10.4. The Morgan fingerprint density at radius 2 is 2.06 bits per heavy atom. The second-order valence-corrected chi connectivity index (χ2v) is 4.07. The lowest BCUT2D eigenvalue weighted by Gasteiger charge is -2.13. The van der Waals surface area contributed by atoms with Crippen molar-refractivity contribution >= 4 is 17.4 Å². The Hall–Kier alpha value is -1.88. The fourth-order valence-electron chi connectivity index (χ4n) is 1.69. The van der Waals surface area contributed by atoms with Crippen molar-refractivity contribution in [2.45, 2.75) is 6.54 Å². The summed E-state index contributed by atoms with van der Waals surface area (Å²) in [6.07, 6.45) is 1.64. The average Bonchev–Trinajstić information content (AvgIpc) is 2.77. The van der Waals surface area contributed by atoms with Gasteiger partial charge in [0.1, 0.15) is 5.82 Å². The predicted octanol–water partition coefficient (Wildman–Crippen LogP) is 2.18. The summed E-state index contributed by atoms with van der Waals surface area (Å²) in [6.45, 7) is 0.484. The number of hydrogen-bond donors (Lipinski definition) is 1. The number of nitrogen functional groups attached to an aromatic ring is 1. The SMILES string of the molecule is COc1ccc(Cn2nccc2N)c(Cl)c1OC. The molecule has 0 aliphatic carbocycles. The van der Waals surface area contributed by atoms with Crippen LogP contribution in [0.4, 0.5) is 5.82 Å². The number of nitrogens with two attached hydrogens (primary N) is 1. The maximum absolute atomic E-state index is 6.28. The van der Waals surface area contributed by atoms with Crippen LogP contribution in [0.15, 0.2) is 24.4 Å². The molecule has 0 bridgehead atoms. The summed E-state index contributed by atoms with van der Waals surface area (Å²) in [4.78, 5) is 0. The fourth-order valence-corrected chi connectivity index (χ4v) is 1.98. The quantitative estimate of drug-likeness (QED) is 0.922. The Balaban J connectivity index is 2.38. The number of nitrogens with zero attached hydrogens (tertiary/aromatic N) is 2. The first-order valence-corrected chi connectivity index (χ1v) is 5.71. The van der Waals surface area contributed by atoms with Gasteiger partial charge in [-0.3, -0.25) is 0 Å². The highest BCUT2D eigenvalue weighted by Crippen LogP contribution is 2.37. The molecule has 0 unspecified atom stereocenters. The zero-order valence-corrected chi connectivity index (χ0v) is 10.9. The number of aromatic nitrogens is 2. The molecule has 2 N–H and O–H groups in total. The van der Waals surface area contributed by atoms with Crippen LogP contribution in [0, 0.1) is 0 Å². The molecule has 1 aromatic carbocycles. The molecule has 0 fully saturated rings. The third-order valence-electron chi connectivity index (χ3n) is 2.63. The van der Waals surface area contributed by atoms with E-state index in [1.165, 1.54) is 0 Å². The summed E-state index contributed by atoms with van der Waals surface area (Å²) < 4.78 is 12.1. The molecule has 96 valence electrons. The molecule has 0 amide bonds. The van der Waals surface area contributed by atoms with E-state index in [1.54, 1.807) is 37.2 Å². The van der Waals surface area contributed by atoms with E-state index in [9.17, 15) is 0 Å². The Bertz CT molecular complexity index is 554. The summed E-state index contributed by atoms with van der Waals surface area (Å²) in [5.41, 5.74) is 6.63. The summed E-state index contributed by atoms with van der Waals surface area (Å²) in [7, 11) is 3.12. The third-order valence-corrected chi connectivity index (χ3v) is 3.05. The molecule has 6 heteroatoms. The predicted molar refractivity (Wildman–Crippen MR) is 70.3 cm³/mol. The van der Waals surface area contributed by atoms with Crippen LogP contribution < -0.4 is 15.2 Å². The van der Waals surface area contributed by atoms with Gasteiger partial charge in [0.15, 0.2) is 11.5 Å². The van der Waals surface area contributed by atoms with Gasteiger partial charge in [-0.1, -0.05) is 17.7 Å². The first kappa shape index (κ1) is 12.6. The molecule has 0 saturated carbocycles. The van der Waals surface area contributed by atoms with E-state index in [1.807, 2.05) is 6.07 Å². The molecule has 0 aliphatic heterocycles. The van der Waals surface area contributed by atoms with Gasteiger partial charge in [0.25, 0.3) is 0 Å². The molecule has 1 aromatic heterocycles. The number of hydrogen-bond acceptors (Lipinski definition) is 4. The minimum absolute atomic E-state index is 0.484. The number of methoxy groups -OCH3 is 2. The zero-order valence-electron chi connectivity index (χ0n) is 10.2. The van der Waals surface area contributed by atoms with Crippen molar-refractivity contribution in [3.05, 3.63) is 35.0 Å². The largest absolute Gasteiger partial charge is 0.493 e. The highest BCUT2D eigenvalue weighted by molar-refractivity contribution is 6.33. The summed E-state index contributed by atoms with van der Waals surface area (Å²) >= 11 is 6.28. The Morgan fingerprint density at radius 1 is 1.28 bits per heavy atom. The molecule has 0 aliphatic rings. The maximum Gasteiger partial charge on any atom is 0.179 e. The minimum atomic E-state index is 0.484. The number of benzene rings is 1. The van der Waals surface area contributed by atoms with E-state index in [2.05, 4.69) is 5.10 Å². The molecule has 0 radical (unpaired) electrons. The second kappa shape index (κ2) is 5.18.